The topological polar surface area (TPSA) is 42.4 Å². The molecule has 1 aliphatic heterocycles. The summed E-state index contributed by atoms with van der Waals surface area (Å²) < 4.78 is 6.45. The van der Waals surface area contributed by atoms with Crippen LogP contribution in [0.15, 0.2) is 53.1 Å². The molecule has 1 aromatic heterocycles. The van der Waals surface area contributed by atoms with Crippen LogP contribution in [0.5, 0.6) is 0 Å². The summed E-state index contributed by atoms with van der Waals surface area (Å²) in [6.07, 6.45) is 4.55. The van der Waals surface area contributed by atoms with Gasteiger partial charge in [-0.1, -0.05) is 50.3 Å². The molecule has 0 bridgehead atoms. The standard InChI is InChI=1S/C21H23BrN2O2/c1-15(2)20-19(22)12-18(13-23-20)17-8-10-24(11-9-17)21(25)26-14-16-6-4-3-5-7-16/h3-8,12-13,15H,9-11,14H2,1-2H3. The maximum absolute atomic E-state index is 12.2. The van der Waals surface area contributed by atoms with Crippen LogP contribution in [-0.4, -0.2) is 29.1 Å². The number of aromatic nitrogens is 1. The minimum Gasteiger partial charge on any atom is -0.445 e. The fourth-order valence-corrected chi connectivity index (χ4v) is 3.76. The molecule has 5 heteroatoms. The van der Waals surface area contributed by atoms with Crippen molar-refractivity contribution >= 4 is 27.6 Å². The van der Waals surface area contributed by atoms with Gasteiger partial charge in [-0.05, 0) is 51.0 Å². The maximum Gasteiger partial charge on any atom is 0.410 e. The number of pyridine rings is 1. The van der Waals surface area contributed by atoms with E-state index in [2.05, 4.69) is 46.9 Å². The van der Waals surface area contributed by atoms with Gasteiger partial charge >= 0.3 is 6.09 Å². The molecule has 136 valence electrons. The third-order valence-corrected chi connectivity index (χ3v) is 5.09. The molecule has 3 rings (SSSR count). The number of amides is 1. The van der Waals surface area contributed by atoms with Crippen LogP contribution < -0.4 is 0 Å². The third kappa shape index (κ3) is 4.52. The van der Waals surface area contributed by atoms with E-state index in [9.17, 15) is 4.79 Å². The second-order valence-electron chi connectivity index (χ2n) is 6.71. The van der Waals surface area contributed by atoms with Gasteiger partial charge in [0.05, 0.1) is 5.69 Å². The van der Waals surface area contributed by atoms with E-state index < -0.39 is 0 Å². The van der Waals surface area contributed by atoms with Gasteiger partial charge in [-0.2, -0.15) is 0 Å². The van der Waals surface area contributed by atoms with Crippen molar-refractivity contribution in [2.45, 2.75) is 32.8 Å². The molecule has 0 saturated carbocycles. The fraction of sp³-hybridized carbons (Fsp3) is 0.333. The minimum atomic E-state index is -0.265. The quantitative estimate of drug-likeness (QED) is 0.672. The van der Waals surface area contributed by atoms with Gasteiger partial charge in [0.1, 0.15) is 6.61 Å². The third-order valence-electron chi connectivity index (χ3n) is 4.46. The van der Waals surface area contributed by atoms with Crippen LogP contribution in [0.2, 0.25) is 0 Å². The van der Waals surface area contributed by atoms with Crippen LogP contribution in [0.1, 0.15) is 43.0 Å². The number of benzene rings is 1. The summed E-state index contributed by atoms with van der Waals surface area (Å²) in [4.78, 5) is 18.6. The van der Waals surface area contributed by atoms with E-state index in [0.717, 1.165) is 27.7 Å². The van der Waals surface area contributed by atoms with Gasteiger partial charge in [0.15, 0.2) is 0 Å². The van der Waals surface area contributed by atoms with E-state index in [4.69, 9.17) is 4.74 Å². The molecule has 26 heavy (non-hydrogen) atoms. The molecule has 0 fully saturated rings. The number of ether oxygens (including phenoxy) is 1. The van der Waals surface area contributed by atoms with Crippen LogP contribution in [-0.2, 0) is 11.3 Å². The van der Waals surface area contributed by atoms with E-state index >= 15 is 0 Å². The molecule has 0 radical (unpaired) electrons. The second-order valence-corrected chi connectivity index (χ2v) is 7.57. The maximum atomic E-state index is 12.2. The summed E-state index contributed by atoms with van der Waals surface area (Å²) in [6, 6.07) is 11.9. The molecule has 4 nitrogen and oxygen atoms in total. The zero-order valence-electron chi connectivity index (χ0n) is 15.1. The number of nitrogens with zero attached hydrogens (tertiary/aromatic N) is 2. The van der Waals surface area contributed by atoms with Gasteiger partial charge in [-0.25, -0.2) is 4.79 Å². The first kappa shape index (κ1) is 18.6. The van der Waals surface area contributed by atoms with Crippen molar-refractivity contribution < 1.29 is 9.53 Å². The highest BCUT2D eigenvalue weighted by molar-refractivity contribution is 9.10. The molecule has 0 spiro atoms. The van der Waals surface area contributed by atoms with Gasteiger partial charge in [0, 0.05) is 23.8 Å². The average Bonchev–Trinajstić information content (AvgIpc) is 2.66. The monoisotopic (exact) mass is 414 g/mol. The summed E-state index contributed by atoms with van der Waals surface area (Å²) in [5.74, 6) is 0.383. The summed E-state index contributed by atoms with van der Waals surface area (Å²) in [6.45, 7) is 5.78. The molecular weight excluding hydrogens is 392 g/mol. The van der Waals surface area contributed by atoms with Gasteiger partial charge < -0.3 is 9.64 Å². The van der Waals surface area contributed by atoms with Gasteiger partial charge in [0.25, 0.3) is 0 Å². The smallest absolute Gasteiger partial charge is 0.410 e. The first-order chi connectivity index (χ1) is 12.5. The predicted molar refractivity (Wildman–Crippen MR) is 107 cm³/mol. The molecule has 2 heterocycles. The zero-order chi connectivity index (χ0) is 18.5. The van der Waals surface area contributed by atoms with Crippen LogP contribution in [0, 0.1) is 0 Å². The van der Waals surface area contributed by atoms with E-state index in [-0.39, 0.29) is 6.09 Å². The van der Waals surface area contributed by atoms with Gasteiger partial charge in [0.2, 0.25) is 0 Å². The Kier molecular flexibility index (Phi) is 6.09. The average molecular weight is 415 g/mol. The predicted octanol–water partition coefficient (Wildman–Crippen LogP) is 5.39. The molecule has 0 aliphatic carbocycles. The number of carbonyl (C=O) groups excluding carboxylic acids is 1. The Balaban J connectivity index is 1.59. The molecule has 2 aromatic rings. The molecule has 1 amide bonds. The molecule has 1 aromatic carbocycles. The summed E-state index contributed by atoms with van der Waals surface area (Å²) in [5.41, 5.74) is 4.39. The van der Waals surface area contributed by atoms with Crippen molar-refractivity contribution in [3.8, 4) is 0 Å². The first-order valence-electron chi connectivity index (χ1n) is 8.85. The number of hydrogen-bond donors (Lipinski definition) is 0. The van der Waals surface area contributed by atoms with Crippen molar-refractivity contribution in [1.29, 1.82) is 0 Å². The molecule has 0 saturated heterocycles. The largest absolute Gasteiger partial charge is 0.445 e. The lowest BCUT2D eigenvalue weighted by molar-refractivity contribution is 0.0998. The molecule has 0 atom stereocenters. The van der Waals surface area contributed by atoms with Gasteiger partial charge in [-0.3, -0.25) is 4.98 Å². The highest BCUT2D eigenvalue weighted by Gasteiger charge is 2.20. The fourth-order valence-electron chi connectivity index (χ4n) is 2.96. The Bertz CT molecular complexity index is 803. The Hall–Kier alpha value is -2.14. The second kappa shape index (κ2) is 8.49. The Labute approximate surface area is 163 Å². The number of carbonyl (C=O) groups is 1. The first-order valence-corrected chi connectivity index (χ1v) is 9.64. The lowest BCUT2D eigenvalue weighted by Gasteiger charge is -2.26. The molecular formula is C21H23BrN2O2. The van der Waals surface area contributed by atoms with E-state index in [1.165, 1.54) is 5.57 Å². The Morgan fingerprint density at radius 1 is 1.31 bits per heavy atom. The minimum absolute atomic E-state index is 0.265. The summed E-state index contributed by atoms with van der Waals surface area (Å²) in [5, 5.41) is 0. The number of rotatable bonds is 4. The molecule has 0 N–H and O–H groups in total. The van der Waals surface area contributed by atoms with E-state index in [1.54, 1.807) is 4.90 Å². The van der Waals surface area contributed by atoms with Crippen molar-refractivity contribution in [3.63, 3.8) is 0 Å². The van der Waals surface area contributed by atoms with Gasteiger partial charge in [-0.15, -0.1) is 0 Å². The summed E-state index contributed by atoms with van der Waals surface area (Å²) in [7, 11) is 0. The number of hydrogen-bond acceptors (Lipinski definition) is 3. The summed E-state index contributed by atoms with van der Waals surface area (Å²) >= 11 is 3.62. The molecule has 0 unspecified atom stereocenters. The lowest BCUT2D eigenvalue weighted by Crippen LogP contribution is -2.35. The SMILES string of the molecule is CC(C)c1ncc(C2=CCN(C(=O)OCc3ccccc3)CC2)cc1Br. The Morgan fingerprint density at radius 3 is 2.69 bits per heavy atom. The van der Waals surface area contributed by atoms with Crippen LogP contribution >= 0.6 is 15.9 Å². The van der Waals surface area contributed by atoms with Crippen molar-refractivity contribution in [2.75, 3.05) is 13.1 Å². The van der Waals surface area contributed by atoms with Crippen LogP contribution in [0.4, 0.5) is 4.79 Å². The highest BCUT2D eigenvalue weighted by Crippen LogP contribution is 2.28. The molecule has 1 aliphatic rings. The zero-order valence-corrected chi connectivity index (χ0v) is 16.7. The normalized spacial score (nSPS) is 14.3. The van der Waals surface area contributed by atoms with E-state index in [0.29, 0.717) is 25.6 Å². The van der Waals surface area contributed by atoms with Crippen LogP contribution in [0.25, 0.3) is 5.57 Å². The van der Waals surface area contributed by atoms with Crippen molar-refractivity contribution in [3.05, 3.63) is 70.0 Å². The van der Waals surface area contributed by atoms with E-state index in [1.807, 2.05) is 36.5 Å². The van der Waals surface area contributed by atoms with Crippen molar-refractivity contribution in [2.24, 2.45) is 0 Å². The number of halogens is 1. The van der Waals surface area contributed by atoms with Crippen molar-refractivity contribution in [1.82, 2.24) is 9.88 Å². The Morgan fingerprint density at radius 2 is 2.08 bits per heavy atom. The van der Waals surface area contributed by atoms with Crippen LogP contribution in [0.3, 0.4) is 0 Å². The highest BCUT2D eigenvalue weighted by atomic mass is 79.9. The lowest BCUT2D eigenvalue weighted by atomic mass is 10.00.